The molecule has 3 aromatic rings. The van der Waals surface area contributed by atoms with Gasteiger partial charge in [0, 0.05) is 43.0 Å². The average molecular weight is 340 g/mol. The summed E-state index contributed by atoms with van der Waals surface area (Å²) in [6, 6.07) is 1.56. The molecule has 1 aliphatic rings. The second-order valence-electron chi connectivity index (χ2n) is 5.82. The van der Waals surface area contributed by atoms with Crippen LogP contribution in [0, 0.1) is 0 Å². The fourth-order valence-electron chi connectivity index (χ4n) is 2.65. The minimum Gasteiger partial charge on any atom is -0.343 e. The Bertz CT molecular complexity index is 887. The number of carbonyl (C=O) groups excluding carboxylic acids is 1. The van der Waals surface area contributed by atoms with Gasteiger partial charge in [-0.25, -0.2) is 9.97 Å². The first-order valence-corrected chi connectivity index (χ1v) is 7.78. The minimum atomic E-state index is -0.298. The predicted molar refractivity (Wildman–Crippen MR) is 84.5 cm³/mol. The van der Waals surface area contributed by atoms with Gasteiger partial charge in [0.2, 0.25) is 0 Å². The van der Waals surface area contributed by atoms with Crippen LogP contribution in [0.4, 0.5) is 0 Å². The number of aromatic amines is 1. The number of aromatic nitrogens is 8. The summed E-state index contributed by atoms with van der Waals surface area (Å²) < 4.78 is 1.36. The van der Waals surface area contributed by atoms with E-state index in [9.17, 15) is 4.79 Å². The molecule has 0 atom stereocenters. The first kappa shape index (κ1) is 15.3. The highest BCUT2D eigenvalue weighted by Gasteiger charge is 2.16. The molecular weight excluding hydrogens is 324 g/mol. The van der Waals surface area contributed by atoms with Gasteiger partial charge in [0.15, 0.2) is 5.82 Å². The Morgan fingerprint density at radius 2 is 2.36 bits per heavy atom. The van der Waals surface area contributed by atoms with Gasteiger partial charge in [-0.05, 0) is 17.5 Å². The number of likely N-dealkylation sites (N-methyl/N-ethyl adjacent to an activating group) is 1. The zero-order chi connectivity index (χ0) is 17.2. The summed E-state index contributed by atoms with van der Waals surface area (Å²) >= 11 is 0. The molecule has 0 bridgehead atoms. The van der Waals surface area contributed by atoms with E-state index in [0.29, 0.717) is 17.3 Å². The van der Waals surface area contributed by atoms with Gasteiger partial charge in [-0.15, -0.1) is 5.10 Å². The summed E-state index contributed by atoms with van der Waals surface area (Å²) in [4.78, 5) is 23.3. The molecule has 0 spiro atoms. The van der Waals surface area contributed by atoms with Crippen LogP contribution in [0.15, 0.2) is 18.6 Å². The summed E-state index contributed by atoms with van der Waals surface area (Å²) in [5.41, 5.74) is 2.51. The molecule has 0 saturated carbocycles. The molecule has 2 N–H and O–H groups in total. The maximum atomic E-state index is 12.2. The molecule has 11 heteroatoms. The molecule has 25 heavy (non-hydrogen) atoms. The van der Waals surface area contributed by atoms with Gasteiger partial charge < -0.3 is 10.2 Å². The number of hydrogen-bond acceptors (Lipinski definition) is 8. The van der Waals surface area contributed by atoms with Crippen LogP contribution in [0.5, 0.6) is 0 Å². The van der Waals surface area contributed by atoms with Crippen molar-refractivity contribution in [1.82, 2.24) is 50.6 Å². The van der Waals surface area contributed by atoms with Crippen molar-refractivity contribution >= 4 is 5.91 Å². The fourth-order valence-corrected chi connectivity index (χ4v) is 2.65. The first-order valence-electron chi connectivity index (χ1n) is 7.78. The van der Waals surface area contributed by atoms with Crippen molar-refractivity contribution in [3.8, 4) is 5.82 Å². The third-order valence-corrected chi connectivity index (χ3v) is 3.97. The third kappa shape index (κ3) is 3.21. The second kappa shape index (κ2) is 6.36. The number of hydrogen-bond donors (Lipinski definition) is 2. The van der Waals surface area contributed by atoms with E-state index in [1.54, 1.807) is 6.07 Å². The summed E-state index contributed by atoms with van der Waals surface area (Å²) in [5.74, 6) is 0.731. The van der Waals surface area contributed by atoms with Crippen molar-refractivity contribution in [3.05, 3.63) is 41.4 Å². The van der Waals surface area contributed by atoms with Crippen LogP contribution in [0.1, 0.15) is 27.6 Å². The van der Waals surface area contributed by atoms with Gasteiger partial charge in [-0.1, -0.05) is 0 Å². The van der Waals surface area contributed by atoms with E-state index in [4.69, 9.17) is 0 Å². The largest absolute Gasteiger partial charge is 0.343 e. The molecule has 4 heterocycles. The third-order valence-electron chi connectivity index (χ3n) is 3.97. The number of carbonyl (C=O) groups is 1. The van der Waals surface area contributed by atoms with Gasteiger partial charge in [0.25, 0.3) is 5.91 Å². The van der Waals surface area contributed by atoms with Crippen LogP contribution in [0.2, 0.25) is 0 Å². The fraction of sp³-hybridized carbons (Fsp3) is 0.357. The predicted octanol–water partition coefficient (Wildman–Crippen LogP) is -0.907. The van der Waals surface area contributed by atoms with Crippen molar-refractivity contribution in [2.75, 3.05) is 13.6 Å². The highest BCUT2D eigenvalue weighted by Crippen LogP contribution is 2.14. The molecule has 128 valence electrons. The van der Waals surface area contributed by atoms with Crippen LogP contribution >= 0.6 is 0 Å². The highest BCUT2D eigenvalue weighted by atomic mass is 16.1. The number of amides is 1. The van der Waals surface area contributed by atoms with Crippen molar-refractivity contribution in [2.24, 2.45) is 0 Å². The monoisotopic (exact) mass is 340 g/mol. The normalized spacial score (nSPS) is 14.3. The molecule has 0 fully saturated rings. The van der Waals surface area contributed by atoms with Crippen LogP contribution < -0.4 is 5.32 Å². The molecule has 0 unspecified atom stereocenters. The molecule has 1 aliphatic heterocycles. The Morgan fingerprint density at radius 1 is 1.44 bits per heavy atom. The number of tetrazole rings is 1. The van der Waals surface area contributed by atoms with E-state index < -0.39 is 0 Å². The molecular formula is C14H16N10O. The molecule has 0 aliphatic carbocycles. The lowest BCUT2D eigenvalue weighted by Crippen LogP contribution is -2.29. The zero-order valence-corrected chi connectivity index (χ0v) is 13.5. The summed E-state index contributed by atoms with van der Waals surface area (Å²) in [6.07, 6.45) is 4.13. The van der Waals surface area contributed by atoms with Gasteiger partial charge in [-0.3, -0.25) is 9.89 Å². The molecule has 0 radical (unpaired) electrons. The van der Waals surface area contributed by atoms with Gasteiger partial charge in [-0.2, -0.15) is 9.78 Å². The lowest BCUT2D eigenvalue weighted by atomic mass is 10.1. The van der Waals surface area contributed by atoms with E-state index in [1.807, 2.05) is 6.20 Å². The van der Waals surface area contributed by atoms with Crippen LogP contribution in [-0.2, 0) is 19.5 Å². The minimum absolute atomic E-state index is 0.251. The average Bonchev–Trinajstić information content (AvgIpc) is 3.30. The van der Waals surface area contributed by atoms with Crippen molar-refractivity contribution in [3.63, 3.8) is 0 Å². The molecule has 0 saturated heterocycles. The Kier molecular flexibility index (Phi) is 3.90. The van der Waals surface area contributed by atoms with Crippen LogP contribution in [-0.4, -0.2) is 64.8 Å². The number of nitrogens with zero attached hydrogens (tertiary/aromatic N) is 8. The second-order valence-corrected chi connectivity index (χ2v) is 5.82. The number of fused-ring (bicyclic) bond motifs is 1. The Balaban J connectivity index is 1.41. The van der Waals surface area contributed by atoms with Gasteiger partial charge >= 0.3 is 0 Å². The number of rotatable bonds is 4. The van der Waals surface area contributed by atoms with Crippen LogP contribution in [0.3, 0.4) is 0 Å². The van der Waals surface area contributed by atoms with E-state index in [1.165, 1.54) is 11.0 Å². The van der Waals surface area contributed by atoms with E-state index in [0.717, 1.165) is 30.8 Å². The van der Waals surface area contributed by atoms with Crippen molar-refractivity contribution in [2.45, 2.75) is 19.5 Å². The summed E-state index contributed by atoms with van der Waals surface area (Å²) in [5, 5.41) is 20.2. The lowest BCUT2D eigenvalue weighted by molar-refractivity contribution is 0.0944. The summed E-state index contributed by atoms with van der Waals surface area (Å²) in [6.45, 7) is 2.08. The molecule has 1 amide bonds. The molecule has 11 nitrogen and oxygen atoms in total. The SMILES string of the molecule is CN1CCc2nc(CNC(=O)c3cc(-n4cnnn4)n[nH]3)ncc2C1. The lowest BCUT2D eigenvalue weighted by Gasteiger charge is -2.23. The molecule has 3 aromatic heterocycles. The maximum absolute atomic E-state index is 12.2. The molecule has 4 rings (SSSR count). The summed E-state index contributed by atoms with van der Waals surface area (Å²) in [7, 11) is 2.07. The molecule has 0 aromatic carbocycles. The van der Waals surface area contributed by atoms with E-state index >= 15 is 0 Å². The smallest absolute Gasteiger partial charge is 0.269 e. The highest BCUT2D eigenvalue weighted by molar-refractivity contribution is 5.92. The Morgan fingerprint density at radius 3 is 3.20 bits per heavy atom. The topological polar surface area (TPSA) is 130 Å². The number of H-pyrrole nitrogens is 1. The first-order chi connectivity index (χ1) is 12.2. The van der Waals surface area contributed by atoms with E-state index in [2.05, 4.69) is 53.0 Å². The Hall–Kier alpha value is -3.21. The zero-order valence-electron chi connectivity index (χ0n) is 13.5. The number of nitrogens with one attached hydrogen (secondary N) is 2. The van der Waals surface area contributed by atoms with Crippen LogP contribution in [0.25, 0.3) is 5.82 Å². The van der Waals surface area contributed by atoms with Crippen molar-refractivity contribution < 1.29 is 4.79 Å². The standard InChI is InChI=1S/C14H16N10O/c1-23-3-2-10-9(7-23)5-15-12(18-10)6-16-14(25)11-4-13(20-19-11)24-8-17-21-22-24/h4-5,8H,2-3,6-7H2,1H3,(H,16,25)(H,19,20). The Labute approximate surface area is 142 Å². The van der Waals surface area contributed by atoms with Crippen molar-refractivity contribution in [1.29, 1.82) is 0 Å². The van der Waals surface area contributed by atoms with Gasteiger partial charge in [0.05, 0.1) is 6.54 Å². The quantitative estimate of drug-likeness (QED) is 0.624. The van der Waals surface area contributed by atoms with E-state index in [-0.39, 0.29) is 12.5 Å². The maximum Gasteiger partial charge on any atom is 0.269 e. The van der Waals surface area contributed by atoms with Gasteiger partial charge in [0.1, 0.15) is 17.8 Å².